The highest BCUT2D eigenvalue weighted by Gasteiger charge is 2.36. The number of nitrogens with one attached hydrogen (secondary N) is 1. The van der Waals surface area contributed by atoms with E-state index in [1.165, 1.54) is 17.0 Å². The third-order valence-corrected chi connectivity index (χ3v) is 9.46. The van der Waals surface area contributed by atoms with Crippen molar-refractivity contribution in [1.29, 1.82) is 0 Å². The maximum Gasteiger partial charge on any atom is 0.264 e. The molecule has 1 N–H and O–H groups in total. The summed E-state index contributed by atoms with van der Waals surface area (Å²) in [4.78, 5) is 30.1. The van der Waals surface area contributed by atoms with Gasteiger partial charge in [0.05, 0.1) is 10.6 Å². The van der Waals surface area contributed by atoms with Crippen molar-refractivity contribution in [2.45, 2.75) is 63.6 Å². The maximum atomic E-state index is 14.6. The van der Waals surface area contributed by atoms with Crippen LogP contribution in [0.4, 0.5) is 5.69 Å². The summed E-state index contributed by atoms with van der Waals surface area (Å²) in [5, 5.41) is 3.48. The van der Waals surface area contributed by atoms with Crippen molar-refractivity contribution in [2.75, 3.05) is 10.8 Å². The molecule has 0 spiro atoms. The van der Waals surface area contributed by atoms with E-state index in [2.05, 4.69) is 5.32 Å². The maximum absolute atomic E-state index is 14.6. The molecule has 0 aliphatic carbocycles. The minimum Gasteiger partial charge on any atom is -0.350 e. The number of anilines is 1. The third-order valence-electron chi connectivity index (χ3n) is 7.32. The van der Waals surface area contributed by atoms with Crippen LogP contribution in [0.3, 0.4) is 0 Å². The summed E-state index contributed by atoms with van der Waals surface area (Å²) >= 11 is 6.57. The highest BCUT2D eigenvalue weighted by atomic mass is 35.5. The molecule has 4 aromatic carbocycles. The van der Waals surface area contributed by atoms with Crippen molar-refractivity contribution in [3.8, 4) is 0 Å². The largest absolute Gasteiger partial charge is 0.350 e. The van der Waals surface area contributed by atoms with Crippen LogP contribution in [0.1, 0.15) is 44.4 Å². The first-order valence-corrected chi connectivity index (χ1v) is 16.8. The molecule has 0 heterocycles. The second-order valence-corrected chi connectivity index (χ2v) is 14.1. The second kappa shape index (κ2) is 14.8. The number of sulfonamides is 1. The minimum atomic E-state index is -4.17. The fourth-order valence-electron chi connectivity index (χ4n) is 5.10. The Morgan fingerprint density at radius 3 is 1.96 bits per heavy atom. The molecule has 1 atom stereocenters. The summed E-state index contributed by atoms with van der Waals surface area (Å²) in [5.41, 5.74) is 2.10. The van der Waals surface area contributed by atoms with Crippen molar-refractivity contribution in [3.63, 3.8) is 0 Å². The standard InChI is InChI=1S/C36H40ClN3O4S/c1-5-28-18-13-15-23-32(28)40(45(43,44)30-20-10-7-11-21-30)26-34(41)39(25-29-19-12-14-22-31(29)37)33(35(42)38-36(2,3)4)24-27-16-8-6-9-17-27/h6-23,33H,5,24-26H2,1-4H3,(H,38,42). The predicted molar refractivity (Wildman–Crippen MR) is 181 cm³/mol. The zero-order valence-corrected chi connectivity index (χ0v) is 27.7. The molecule has 0 saturated heterocycles. The molecule has 0 aliphatic heterocycles. The van der Waals surface area contributed by atoms with Crippen LogP contribution in [0.2, 0.25) is 5.02 Å². The SMILES string of the molecule is CCc1ccccc1N(CC(=O)N(Cc1ccccc1Cl)C(Cc1ccccc1)C(=O)NC(C)(C)C)S(=O)(=O)c1ccccc1. The van der Waals surface area contributed by atoms with Gasteiger partial charge in [-0.25, -0.2) is 8.42 Å². The Morgan fingerprint density at radius 2 is 1.36 bits per heavy atom. The lowest BCUT2D eigenvalue weighted by atomic mass is 10.0. The zero-order chi connectivity index (χ0) is 32.6. The van der Waals surface area contributed by atoms with Gasteiger partial charge in [0.1, 0.15) is 12.6 Å². The molecule has 0 bridgehead atoms. The van der Waals surface area contributed by atoms with Crippen LogP contribution < -0.4 is 9.62 Å². The fraction of sp³-hybridized carbons (Fsp3) is 0.278. The normalized spacial score (nSPS) is 12.3. The van der Waals surface area contributed by atoms with Gasteiger partial charge < -0.3 is 10.2 Å². The van der Waals surface area contributed by atoms with E-state index in [-0.39, 0.29) is 23.8 Å². The van der Waals surface area contributed by atoms with Gasteiger partial charge in [-0.2, -0.15) is 0 Å². The number of amides is 2. The molecule has 4 aromatic rings. The summed E-state index contributed by atoms with van der Waals surface area (Å²) in [6, 6.07) is 30.8. The Kier molecular flexibility index (Phi) is 11.1. The molecule has 4 rings (SSSR count). The number of halogens is 1. The van der Waals surface area contributed by atoms with E-state index in [0.717, 1.165) is 15.4 Å². The number of aryl methyl sites for hydroxylation is 1. The molecular formula is C36H40ClN3O4S. The quantitative estimate of drug-likeness (QED) is 0.187. The van der Waals surface area contributed by atoms with Gasteiger partial charge in [0.25, 0.3) is 10.0 Å². The van der Waals surface area contributed by atoms with E-state index in [9.17, 15) is 18.0 Å². The van der Waals surface area contributed by atoms with E-state index >= 15 is 0 Å². The summed E-state index contributed by atoms with van der Waals surface area (Å²) in [5.74, 6) is -0.886. The molecule has 236 valence electrons. The molecular weight excluding hydrogens is 606 g/mol. The molecule has 0 aromatic heterocycles. The van der Waals surface area contributed by atoms with E-state index < -0.39 is 34.1 Å². The molecule has 0 aliphatic rings. The van der Waals surface area contributed by atoms with Gasteiger partial charge in [0.15, 0.2) is 0 Å². The summed E-state index contributed by atoms with van der Waals surface area (Å²) in [6.45, 7) is 7.04. The average molecular weight is 646 g/mol. The molecule has 0 radical (unpaired) electrons. The number of para-hydroxylation sites is 1. The molecule has 2 amide bonds. The van der Waals surface area contributed by atoms with E-state index in [1.807, 2.05) is 76.2 Å². The van der Waals surface area contributed by atoms with Crippen molar-refractivity contribution in [1.82, 2.24) is 10.2 Å². The van der Waals surface area contributed by atoms with E-state index in [1.54, 1.807) is 48.5 Å². The Balaban J connectivity index is 1.85. The topological polar surface area (TPSA) is 86.8 Å². The van der Waals surface area contributed by atoms with Crippen molar-refractivity contribution < 1.29 is 18.0 Å². The molecule has 0 fully saturated rings. The summed E-state index contributed by atoms with van der Waals surface area (Å²) < 4.78 is 29.6. The van der Waals surface area contributed by atoms with Crippen LogP contribution in [0.5, 0.6) is 0 Å². The number of hydrogen-bond donors (Lipinski definition) is 1. The zero-order valence-electron chi connectivity index (χ0n) is 26.1. The molecule has 0 saturated carbocycles. The monoisotopic (exact) mass is 645 g/mol. The highest BCUT2D eigenvalue weighted by molar-refractivity contribution is 7.92. The number of carbonyl (C=O) groups is 2. The Hall–Kier alpha value is -4.14. The van der Waals surface area contributed by atoms with E-state index in [4.69, 9.17) is 11.6 Å². The first kappa shape index (κ1) is 33.7. The van der Waals surface area contributed by atoms with Gasteiger partial charge in [-0.05, 0) is 68.1 Å². The van der Waals surface area contributed by atoms with Crippen LogP contribution in [0.25, 0.3) is 0 Å². The third kappa shape index (κ3) is 8.74. The summed E-state index contributed by atoms with van der Waals surface area (Å²) in [6.07, 6.45) is 0.773. The van der Waals surface area contributed by atoms with Crippen LogP contribution >= 0.6 is 11.6 Å². The summed E-state index contributed by atoms with van der Waals surface area (Å²) in [7, 11) is -4.17. The van der Waals surface area contributed by atoms with Gasteiger partial charge >= 0.3 is 0 Å². The Morgan fingerprint density at radius 1 is 0.800 bits per heavy atom. The Bertz CT molecular complexity index is 1710. The average Bonchev–Trinajstić information content (AvgIpc) is 3.02. The van der Waals surface area contributed by atoms with Crippen LogP contribution in [0, 0.1) is 0 Å². The number of carbonyl (C=O) groups excluding carboxylic acids is 2. The van der Waals surface area contributed by atoms with Gasteiger partial charge in [0, 0.05) is 23.5 Å². The molecule has 9 heteroatoms. The smallest absolute Gasteiger partial charge is 0.264 e. The number of nitrogens with zero attached hydrogens (tertiary/aromatic N) is 2. The first-order valence-electron chi connectivity index (χ1n) is 14.9. The van der Waals surface area contributed by atoms with Crippen molar-refractivity contribution >= 4 is 39.1 Å². The molecule has 1 unspecified atom stereocenters. The number of rotatable bonds is 12. The molecule has 45 heavy (non-hydrogen) atoms. The lowest BCUT2D eigenvalue weighted by molar-refractivity contribution is -0.140. The Labute approximate surface area is 271 Å². The number of benzene rings is 4. The van der Waals surface area contributed by atoms with Gasteiger partial charge in [-0.1, -0.05) is 103 Å². The molecule has 7 nitrogen and oxygen atoms in total. The first-order chi connectivity index (χ1) is 21.4. The highest BCUT2D eigenvalue weighted by Crippen LogP contribution is 2.29. The van der Waals surface area contributed by atoms with Crippen molar-refractivity contribution in [2.24, 2.45) is 0 Å². The number of hydrogen-bond acceptors (Lipinski definition) is 4. The fourth-order valence-corrected chi connectivity index (χ4v) is 6.77. The second-order valence-electron chi connectivity index (χ2n) is 11.9. The van der Waals surface area contributed by atoms with Gasteiger partial charge in [0.2, 0.25) is 11.8 Å². The van der Waals surface area contributed by atoms with Crippen LogP contribution in [0.15, 0.2) is 114 Å². The van der Waals surface area contributed by atoms with Crippen LogP contribution in [-0.2, 0) is 39.0 Å². The van der Waals surface area contributed by atoms with E-state index in [0.29, 0.717) is 22.7 Å². The predicted octanol–water partition coefficient (Wildman–Crippen LogP) is 6.65. The van der Waals surface area contributed by atoms with Gasteiger partial charge in [-0.15, -0.1) is 0 Å². The van der Waals surface area contributed by atoms with Crippen LogP contribution in [-0.4, -0.2) is 43.3 Å². The lowest BCUT2D eigenvalue weighted by Gasteiger charge is -2.35. The minimum absolute atomic E-state index is 0.00220. The van der Waals surface area contributed by atoms with Crippen molar-refractivity contribution in [3.05, 3.63) is 131 Å². The van der Waals surface area contributed by atoms with Gasteiger partial charge in [-0.3, -0.25) is 13.9 Å². The lowest BCUT2D eigenvalue weighted by Crippen LogP contribution is -2.56.